The lowest BCUT2D eigenvalue weighted by molar-refractivity contribution is 0.166. The first-order valence-electron chi connectivity index (χ1n) is 8.12. The summed E-state index contributed by atoms with van der Waals surface area (Å²) in [4.78, 5) is 7.09. The molecule has 4 nitrogen and oxygen atoms in total. The van der Waals surface area contributed by atoms with Crippen LogP contribution in [-0.4, -0.2) is 43.5 Å². The molecule has 114 valence electrons. The van der Waals surface area contributed by atoms with Crippen LogP contribution in [0.4, 0.5) is 0 Å². The van der Waals surface area contributed by atoms with Gasteiger partial charge in [0.05, 0.1) is 12.4 Å². The van der Waals surface area contributed by atoms with Crippen LogP contribution < -0.4 is 10.6 Å². The number of nitrogens with one attached hydrogen (secondary N) is 2. The number of hydrogen-bond donors (Lipinski definition) is 2. The summed E-state index contributed by atoms with van der Waals surface area (Å²) in [5.41, 5.74) is 1.52. The second kappa shape index (κ2) is 7.11. The van der Waals surface area contributed by atoms with Crippen molar-refractivity contribution in [3.05, 3.63) is 11.4 Å². The van der Waals surface area contributed by atoms with Crippen LogP contribution in [0.1, 0.15) is 46.5 Å². The van der Waals surface area contributed by atoms with Crippen LogP contribution in [0, 0.1) is 5.92 Å². The maximum Gasteiger partial charge on any atom is 0.108 e. The van der Waals surface area contributed by atoms with E-state index in [0.29, 0.717) is 12.1 Å². The molecule has 0 radical (unpaired) electrons. The smallest absolute Gasteiger partial charge is 0.108 e. The van der Waals surface area contributed by atoms with Crippen molar-refractivity contribution >= 4 is 6.34 Å². The van der Waals surface area contributed by atoms with Gasteiger partial charge in [-0.15, -0.1) is 0 Å². The normalized spacial score (nSPS) is 24.6. The van der Waals surface area contributed by atoms with Crippen molar-refractivity contribution in [3.63, 3.8) is 0 Å². The number of nitrogens with zero attached hydrogens (tertiary/aromatic N) is 2. The van der Waals surface area contributed by atoms with Crippen LogP contribution in [0.25, 0.3) is 0 Å². The van der Waals surface area contributed by atoms with Crippen molar-refractivity contribution in [1.82, 2.24) is 15.5 Å². The van der Waals surface area contributed by atoms with Gasteiger partial charge in [-0.3, -0.25) is 4.99 Å². The zero-order chi connectivity index (χ0) is 14.5. The summed E-state index contributed by atoms with van der Waals surface area (Å²) >= 11 is 0. The van der Waals surface area contributed by atoms with Gasteiger partial charge >= 0.3 is 0 Å². The maximum atomic E-state index is 4.63. The minimum Gasteiger partial charge on any atom is -0.355 e. The Morgan fingerprint density at radius 3 is 2.80 bits per heavy atom. The molecule has 2 aliphatic rings. The van der Waals surface area contributed by atoms with E-state index in [1.807, 2.05) is 13.4 Å². The van der Waals surface area contributed by atoms with Gasteiger partial charge in [-0.2, -0.15) is 0 Å². The van der Waals surface area contributed by atoms with Crippen LogP contribution in [0.3, 0.4) is 0 Å². The van der Waals surface area contributed by atoms with Crippen LogP contribution in [-0.2, 0) is 0 Å². The minimum atomic E-state index is 0.379. The third-order valence-corrected chi connectivity index (χ3v) is 4.76. The molecule has 0 saturated carbocycles. The SMILES string of the molecule is CCC(C)CCC1=C(N2CC(NC)C2)NC=NC1CC. The highest BCUT2D eigenvalue weighted by Gasteiger charge is 2.31. The van der Waals surface area contributed by atoms with E-state index in [2.05, 4.69) is 41.3 Å². The quantitative estimate of drug-likeness (QED) is 0.751. The first-order chi connectivity index (χ1) is 9.69. The average Bonchev–Trinajstić information content (AvgIpc) is 2.43. The van der Waals surface area contributed by atoms with Crippen molar-refractivity contribution in [1.29, 1.82) is 0 Å². The molecule has 1 fully saturated rings. The van der Waals surface area contributed by atoms with Crippen LogP contribution in [0.2, 0.25) is 0 Å². The Morgan fingerprint density at radius 2 is 2.20 bits per heavy atom. The third kappa shape index (κ3) is 3.35. The fourth-order valence-electron chi connectivity index (χ4n) is 2.91. The molecule has 2 atom stereocenters. The highest BCUT2D eigenvalue weighted by Crippen LogP contribution is 2.28. The molecule has 0 aromatic carbocycles. The summed E-state index contributed by atoms with van der Waals surface area (Å²) in [6.07, 6.45) is 6.70. The molecule has 2 rings (SSSR count). The standard InChI is InChI=1S/C16H30N4/c1-5-12(3)7-8-14-15(6-2)18-11-19-16(14)20-9-13(10-20)17-4/h11-13,15,17H,5-10H2,1-4H3,(H,18,19). The fraction of sp³-hybridized carbons (Fsp3) is 0.812. The predicted octanol–water partition coefficient (Wildman–Crippen LogP) is 2.34. The van der Waals surface area contributed by atoms with Crippen molar-refractivity contribution in [2.75, 3.05) is 20.1 Å². The second-order valence-corrected chi connectivity index (χ2v) is 6.16. The van der Waals surface area contributed by atoms with Gasteiger partial charge in [-0.05, 0) is 37.8 Å². The molecular formula is C16H30N4. The van der Waals surface area contributed by atoms with Crippen molar-refractivity contribution in [3.8, 4) is 0 Å². The molecule has 20 heavy (non-hydrogen) atoms. The Balaban J connectivity index is 2.06. The molecule has 0 spiro atoms. The monoisotopic (exact) mass is 278 g/mol. The van der Waals surface area contributed by atoms with Gasteiger partial charge < -0.3 is 15.5 Å². The number of aliphatic imine (C=N–C) groups is 1. The molecule has 0 aliphatic carbocycles. The van der Waals surface area contributed by atoms with Gasteiger partial charge in [-0.25, -0.2) is 0 Å². The molecule has 2 heterocycles. The van der Waals surface area contributed by atoms with Gasteiger partial charge in [0.1, 0.15) is 5.82 Å². The van der Waals surface area contributed by atoms with Crippen LogP contribution in [0.15, 0.2) is 16.4 Å². The fourth-order valence-corrected chi connectivity index (χ4v) is 2.91. The van der Waals surface area contributed by atoms with Gasteiger partial charge in [0.15, 0.2) is 0 Å². The number of hydrogen-bond acceptors (Lipinski definition) is 4. The van der Waals surface area contributed by atoms with Crippen molar-refractivity contribution in [2.24, 2.45) is 10.9 Å². The van der Waals surface area contributed by atoms with E-state index >= 15 is 0 Å². The van der Waals surface area contributed by atoms with Gasteiger partial charge in [-0.1, -0.05) is 27.2 Å². The van der Waals surface area contributed by atoms with Crippen LogP contribution in [0.5, 0.6) is 0 Å². The lowest BCUT2D eigenvalue weighted by Crippen LogP contribution is -2.58. The maximum absolute atomic E-state index is 4.63. The third-order valence-electron chi connectivity index (χ3n) is 4.76. The predicted molar refractivity (Wildman–Crippen MR) is 85.8 cm³/mol. The second-order valence-electron chi connectivity index (χ2n) is 6.16. The molecule has 2 unspecified atom stereocenters. The van der Waals surface area contributed by atoms with E-state index in [1.165, 1.54) is 30.7 Å². The molecule has 0 bridgehead atoms. The highest BCUT2D eigenvalue weighted by molar-refractivity contribution is 5.61. The zero-order valence-electron chi connectivity index (χ0n) is 13.4. The number of rotatable bonds is 7. The highest BCUT2D eigenvalue weighted by atomic mass is 15.3. The summed E-state index contributed by atoms with van der Waals surface area (Å²) in [5.74, 6) is 2.13. The summed E-state index contributed by atoms with van der Waals surface area (Å²) in [6, 6.07) is 1.02. The minimum absolute atomic E-state index is 0.379. The summed E-state index contributed by atoms with van der Waals surface area (Å²) in [5, 5.41) is 6.75. The van der Waals surface area contributed by atoms with Crippen LogP contribution >= 0.6 is 0 Å². The lowest BCUT2D eigenvalue weighted by atomic mass is 9.92. The van der Waals surface area contributed by atoms with E-state index in [-0.39, 0.29) is 0 Å². The van der Waals surface area contributed by atoms with Crippen molar-refractivity contribution < 1.29 is 0 Å². The molecular weight excluding hydrogens is 248 g/mol. The average molecular weight is 278 g/mol. The molecule has 4 heteroatoms. The molecule has 0 amide bonds. The van der Waals surface area contributed by atoms with E-state index in [1.54, 1.807) is 0 Å². The molecule has 2 N–H and O–H groups in total. The topological polar surface area (TPSA) is 39.7 Å². The molecule has 0 aromatic heterocycles. The van der Waals surface area contributed by atoms with Gasteiger partial charge in [0, 0.05) is 19.1 Å². The number of likely N-dealkylation sites (tertiary alicyclic amines) is 1. The summed E-state index contributed by atoms with van der Waals surface area (Å²) in [6.45, 7) is 9.08. The Kier molecular flexibility index (Phi) is 5.46. The van der Waals surface area contributed by atoms with Crippen molar-refractivity contribution in [2.45, 2.75) is 58.5 Å². The van der Waals surface area contributed by atoms with E-state index in [4.69, 9.17) is 0 Å². The Morgan fingerprint density at radius 1 is 1.45 bits per heavy atom. The first-order valence-corrected chi connectivity index (χ1v) is 8.12. The summed E-state index contributed by atoms with van der Waals surface area (Å²) < 4.78 is 0. The molecule has 1 saturated heterocycles. The number of likely N-dealkylation sites (N-methyl/N-ethyl adjacent to an activating group) is 1. The van der Waals surface area contributed by atoms with E-state index in [0.717, 1.165) is 25.4 Å². The zero-order valence-corrected chi connectivity index (χ0v) is 13.4. The van der Waals surface area contributed by atoms with E-state index < -0.39 is 0 Å². The van der Waals surface area contributed by atoms with Gasteiger partial charge in [0.2, 0.25) is 0 Å². The first kappa shape index (κ1) is 15.4. The Bertz CT molecular complexity index is 369. The van der Waals surface area contributed by atoms with Gasteiger partial charge in [0.25, 0.3) is 0 Å². The Hall–Kier alpha value is -1.03. The summed E-state index contributed by atoms with van der Waals surface area (Å²) in [7, 11) is 2.05. The Labute approximate surface area is 123 Å². The molecule has 2 aliphatic heterocycles. The van der Waals surface area contributed by atoms with E-state index in [9.17, 15) is 0 Å². The lowest BCUT2D eigenvalue weighted by Gasteiger charge is -2.44. The molecule has 0 aromatic rings. The largest absolute Gasteiger partial charge is 0.355 e.